The number of aryl methyl sites for hydroxylation is 1. The van der Waals surface area contributed by atoms with E-state index in [0.29, 0.717) is 28.8 Å². The molecule has 0 unspecified atom stereocenters. The summed E-state index contributed by atoms with van der Waals surface area (Å²) in [7, 11) is 0. The average molecular weight is 463 g/mol. The maximum atomic E-state index is 12.0. The van der Waals surface area contributed by atoms with E-state index in [2.05, 4.69) is 31.5 Å². The normalized spacial score (nSPS) is 10.5. The Hall–Kier alpha value is -2.64. The molecule has 8 heteroatoms. The van der Waals surface area contributed by atoms with E-state index in [9.17, 15) is 9.59 Å². The molecule has 0 atom stereocenters. The number of amides is 2. The lowest BCUT2D eigenvalue weighted by Crippen LogP contribution is -2.33. The van der Waals surface area contributed by atoms with Gasteiger partial charge in [-0.3, -0.25) is 9.59 Å². The standard InChI is InChI=1S/C20H17BrClN3O3/c21-15-3-1-2-4-16(15)25-19(27)12-23-18(26)9-10-20-24-11-17(28-20)13-5-7-14(22)8-6-13/h1-8,11H,9-10,12H2,(H,23,26)(H,25,27). The first-order valence-corrected chi connectivity index (χ1v) is 9.70. The van der Waals surface area contributed by atoms with Crippen LogP contribution in [0.5, 0.6) is 0 Å². The Morgan fingerprint density at radius 2 is 1.82 bits per heavy atom. The molecule has 0 aliphatic rings. The van der Waals surface area contributed by atoms with Crippen molar-refractivity contribution in [3.8, 4) is 11.3 Å². The van der Waals surface area contributed by atoms with Crippen LogP contribution in [-0.4, -0.2) is 23.3 Å². The van der Waals surface area contributed by atoms with Crippen molar-refractivity contribution in [3.05, 3.63) is 70.1 Å². The van der Waals surface area contributed by atoms with Crippen LogP contribution in [0.2, 0.25) is 5.02 Å². The topological polar surface area (TPSA) is 84.2 Å². The number of nitrogens with one attached hydrogen (secondary N) is 2. The smallest absolute Gasteiger partial charge is 0.243 e. The first-order chi connectivity index (χ1) is 13.5. The van der Waals surface area contributed by atoms with Crippen molar-refractivity contribution in [1.29, 1.82) is 0 Å². The summed E-state index contributed by atoms with van der Waals surface area (Å²) in [6, 6.07) is 14.5. The fourth-order valence-corrected chi connectivity index (χ4v) is 2.93. The second-order valence-electron chi connectivity index (χ2n) is 5.93. The van der Waals surface area contributed by atoms with E-state index in [1.54, 1.807) is 24.4 Å². The number of hydrogen-bond acceptors (Lipinski definition) is 4. The minimum atomic E-state index is -0.304. The average Bonchev–Trinajstić information content (AvgIpc) is 3.16. The summed E-state index contributed by atoms with van der Waals surface area (Å²) in [5.74, 6) is 0.507. The largest absolute Gasteiger partial charge is 0.441 e. The SMILES string of the molecule is O=C(CCc1ncc(-c2ccc(Cl)cc2)o1)NCC(=O)Nc1ccccc1Br. The summed E-state index contributed by atoms with van der Waals surface area (Å²) >= 11 is 9.22. The van der Waals surface area contributed by atoms with Gasteiger partial charge in [0.2, 0.25) is 11.8 Å². The molecule has 1 aromatic heterocycles. The van der Waals surface area contributed by atoms with Crippen LogP contribution in [0.4, 0.5) is 5.69 Å². The van der Waals surface area contributed by atoms with Gasteiger partial charge in [0, 0.05) is 27.9 Å². The molecule has 0 aliphatic carbocycles. The minimum absolute atomic E-state index is 0.109. The fraction of sp³-hybridized carbons (Fsp3) is 0.150. The lowest BCUT2D eigenvalue weighted by molar-refractivity contribution is -0.124. The van der Waals surface area contributed by atoms with Gasteiger partial charge >= 0.3 is 0 Å². The number of carbonyl (C=O) groups excluding carboxylic acids is 2. The zero-order valence-electron chi connectivity index (χ0n) is 14.7. The zero-order chi connectivity index (χ0) is 19.9. The molecule has 1 heterocycles. The first-order valence-electron chi connectivity index (χ1n) is 8.53. The van der Waals surface area contributed by atoms with Crippen molar-refractivity contribution in [1.82, 2.24) is 10.3 Å². The Labute approximate surface area is 175 Å². The van der Waals surface area contributed by atoms with Gasteiger partial charge in [-0.25, -0.2) is 4.98 Å². The van der Waals surface area contributed by atoms with Gasteiger partial charge in [-0.05, 0) is 52.3 Å². The van der Waals surface area contributed by atoms with E-state index in [1.165, 1.54) is 0 Å². The van der Waals surface area contributed by atoms with E-state index in [0.717, 1.165) is 10.0 Å². The number of hydrogen-bond donors (Lipinski definition) is 2. The van der Waals surface area contributed by atoms with Gasteiger partial charge in [-0.1, -0.05) is 23.7 Å². The Kier molecular flexibility index (Phi) is 6.84. The molecule has 3 aromatic rings. The molecule has 0 spiro atoms. The number of benzene rings is 2. The number of aromatic nitrogens is 1. The third-order valence-corrected chi connectivity index (χ3v) is 4.79. The Bertz CT molecular complexity index is 973. The number of para-hydroxylation sites is 1. The number of rotatable bonds is 7. The number of oxazole rings is 1. The summed E-state index contributed by atoms with van der Waals surface area (Å²) in [6.45, 7) is -0.109. The van der Waals surface area contributed by atoms with E-state index in [-0.39, 0.29) is 24.8 Å². The van der Waals surface area contributed by atoms with Gasteiger partial charge < -0.3 is 15.1 Å². The predicted octanol–water partition coefficient (Wildman–Crippen LogP) is 4.45. The molecular formula is C20H17BrClN3O3. The van der Waals surface area contributed by atoms with Crippen molar-refractivity contribution in [2.45, 2.75) is 12.8 Å². The highest BCUT2D eigenvalue weighted by molar-refractivity contribution is 9.10. The Morgan fingerprint density at radius 3 is 2.57 bits per heavy atom. The highest BCUT2D eigenvalue weighted by Crippen LogP contribution is 2.23. The summed E-state index contributed by atoms with van der Waals surface area (Å²) in [4.78, 5) is 28.1. The molecule has 3 rings (SSSR count). The fourth-order valence-electron chi connectivity index (χ4n) is 2.42. The van der Waals surface area contributed by atoms with Gasteiger partial charge in [-0.2, -0.15) is 0 Å². The molecule has 0 bridgehead atoms. The van der Waals surface area contributed by atoms with Crippen LogP contribution in [0.15, 0.2) is 63.6 Å². The van der Waals surface area contributed by atoms with Gasteiger partial charge in [0.25, 0.3) is 0 Å². The van der Waals surface area contributed by atoms with Crippen LogP contribution in [0.1, 0.15) is 12.3 Å². The van der Waals surface area contributed by atoms with Crippen molar-refractivity contribution < 1.29 is 14.0 Å². The Morgan fingerprint density at radius 1 is 1.07 bits per heavy atom. The third-order valence-electron chi connectivity index (χ3n) is 3.84. The lowest BCUT2D eigenvalue weighted by Gasteiger charge is -2.08. The third kappa shape index (κ3) is 5.68. The van der Waals surface area contributed by atoms with Crippen molar-refractivity contribution >= 4 is 45.0 Å². The number of nitrogens with zero attached hydrogens (tertiary/aromatic N) is 1. The van der Waals surface area contributed by atoms with Gasteiger partial charge in [0.1, 0.15) is 0 Å². The molecule has 0 radical (unpaired) electrons. The summed E-state index contributed by atoms with van der Waals surface area (Å²) in [5, 5.41) is 5.95. The van der Waals surface area contributed by atoms with Crippen molar-refractivity contribution in [2.24, 2.45) is 0 Å². The molecule has 6 nitrogen and oxygen atoms in total. The first kappa shape index (κ1) is 20.1. The highest BCUT2D eigenvalue weighted by Gasteiger charge is 2.11. The molecule has 0 saturated heterocycles. The number of anilines is 1. The van der Waals surface area contributed by atoms with Gasteiger partial charge in [-0.15, -0.1) is 0 Å². The molecule has 2 amide bonds. The molecule has 0 aliphatic heterocycles. The number of carbonyl (C=O) groups is 2. The summed E-state index contributed by atoms with van der Waals surface area (Å²) < 4.78 is 6.43. The second-order valence-corrected chi connectivity index (χ2v) is 7.22. The monoisotopic (exact) mass is 461 g/mol. The predicted molar refractivity (Wildman–Crippen MR) is 111 cm³/mol. The van der Waals surface area contributed by atoms with Crippen LogP contribution in [0.25, 0.3) is 11.3 Å². The van der Waals surface area contributed by atoms with Crippen LogP contribution in [-0.2, 0) is 16.0 Å². The molecule has 0 saturated carbocycles. The molecule has 144 valence electrons. The summed E-state index contributed by atoms with van der Waals surface area (Å²) in [6.07, 6.45) is 2.12. The van der Waals surface area contributed by atoms with Crippen molar-refractivity contribution in [2.75, 3.05) is 11.9 Å². The lowest BCUT2D eigenvalue weighted by atomic mass is 10.2. The maximum absolute atomic E-state index is 12.0. The van der Waals surface area contributed by atoms with Crippen LogP contribution < -0.4 is 10.6 Å². The molecule has 2 N–H and O–H groups in total. The summed E-state index contributed by atoms with van der Waals surface area (Å²) in [5.41, 5.74) is 1.51. The van der Waals surface area contributed by atoms with Gasteiger partial charge in [0.05, 0.1) is 18.4 Å². The molecule has 28 heavy (non-hydrogen) atoms. The number of halogens is 2. The van der Waals surface area contributed by atoms with E-state index in [4.69, 9.17) is 16.0 Å². The highest BCUT2D eigenvalue weighted by atomic mass is 79.9. The van der Waals surface area contributed by atoms with Crippen LogP contribution in [0, 0.1) is 0 Å². The van der Waals surface area contributed by atoms with E-state index < -0.39 is 0 Å². The van der Waals surface area contributed by atoms with E-state index in [1.807, 2.05) is 30.3 Å². The van der Waals surface area contributed by atoms with Gasteiger partial charge in [0.15, 0.2) is 11.7 Å². The minimum Gasteiger partial charge on any atom is -0.441 e. The van der Waals surface area contributed by atoms with Crippen LogP contribution >= 0.6 is 27.5 Å². The zero-order valence-corrected chi connectivity index (χ0v) is 17.1. The van der Waals surface area contributed by atoms with Crippen molar-refractivity contribution in [3.63, 3.8) is 0 Å². The maximum Gasteiger partial charge on any atom is 0.243 e. The molecule has 2 aromatic carbocycles. The second kappa shape index (κ2) is 9.52. The Balaban J connectivity index is 1.44. The molecular weight excluding hydrogens is 446 g/mol. The van der Waals surface area contributed by atoms with Crippen LogP contribution in [0.3, 0.4) is 0 Å². The molecule has 0 fully saturated rings. The quantitative estimate of drug-likeness (QED) is 0.543. The van der Waals surface area contributed by atoms with E-state index >= 15 is 0 Å².